The standard InChI is InChI=1S/C24H23F4N3OS2/c1-17-19-6-2-3-7-22(19)33-23(17)31(34(32)13-5-4-11-30-12-10-29-16-30)15-18-8-9-21(25)20(14-18)24(26,27)28/h2-3,6-10,12,14,16H,4-5,11,13,15H2,1H3. The minimum Gasteiger partial charge on any atom is -0.337 e. The van der Waals surface area contributed by atoms with Crippen LogP contribution < -0.4 is 4.31 Å². The van der Waals surface area contributed by atoms with Gasteiger partial charge in [-0.1, -0.05) is 24.3 Å². The van der Waals surface area contributed by atoms with E-state index in [4.69, 9.17) is 0 Å². The number of thiophene rings is 1. The van der Waals surface area contributed by atoms with Crippen molar-refractivity contribution in [2.45, 2.75) is 39.0 Å². The van der Waals surface area contributed by atoms with E-state index in [0.29, 0.717) is 12.2 Å². The van der Waals surface area contributed by atoms with Gasteiger partial charge in [0.05, 0.1) is 18.4 Å². The van der Waals surface area contributed by atoms with Gasteiger partial charge < -0.3 is 4.57 Å². The van der Waals surface area contributed by atoms with Gasteiger partial charge in [-0.2, -0.15) is 13.2 Å². The van der Waals surface area contributed by atoms with Gasteiger partial charge in [0.1, 0.15) is 21.8 Å². The molecule has 0 fully saturated rings. The molecule has 0 N–H and O–H groups in total. The number of unbranched alkanes of at least 4 members (excludes halogenated alkanes) is 1. The number of aryl methyl sites for hydroxylation is 2. The lowest BCUT2D eigenvalue weighted by atomic mass is 10.1. The second kappa shape index (κ2) is 10.3. The summed E-state index contributed by atoms with van der Waals surface area (Å²) < 4.78 is 71.6. The van der Waals surface area contributed by atoms with E-state index in [9.17, 15) is 21.8 Å². The Kier molecular flexibility index (Phi) is 7.37. The molecule has 0 saturated heterocycles. The Labute approximate surface area is 201 Å². The van der Waals surface area contributed by atoms with Gasteiger partial charge in [0.2, 0.25) is 0 Å². The highest BCUT2D eigenvalue weighted by atomic mass is 32.2. The monoisotopic (exact) mass is 509 g/mol. The second-order valence-corrected chi connectivity index (χ2v) is 10.4. The third-order valence-corrected chi connectivity index (χ3v) is 8.35. The molecule has 0 bridgehead atoms. The molecule has 2 aromatic heterocycles. The lowest BCUT2D eigenvalue weighted by Gasteiger charge is -2.23. The Bertz CT molecular complexity index is 1290. The van der Waals surface area contributed by atoms with Crippen LogP contribution >= 0.6 is 11.3 Å². The third kappa shape index (κ3) is 5.50. The number of fused-ring (bicyclic) bond motifs is 1. The SMILES string of the molecule is Cc1c(N(Cc2ccc(F)c(C(F)(F)F)c2)S(=O)CCCCn2ccnc2)sc2ccccc12. The minimum atomic E-state index is -4.80. The molecule has 0 aliphatic carbocycles. The predicted molar refractivity (Wildman–Crippen MR) is 129 cm³/mol. The van der Waals surface area contributed by atoms with E-state index in [-0.39, 0.29) is 12.1 Å². The third-order valence-electron chi connectivity index (χ3n) is 5.50. The van der Waals surface area contributed by atoms with Crippen LogP contribution in [0.2, 0.25) is 0 Å². The average Bonchev–Trinajstić information content (AvgIpc) is 3.43. The quantitative estimate of drug-likeness (QED) is 0.186. The van der Waals surface area contributed by atoms with Crippen LogP contribution in [0.5, 0.6) is 0 Å². The number of halogens is 4. The van der Waals surface area contributed by atoms with Crippen molar-refractivity contribution >= 4 is 37.4 Å². The Morgan fingerprint density at radius 1 is 1.15 bits per heavy atom. The fourth-order valence-corrected chi connectivity index (χ4v) is 6.50. The van der Waals surface area contributed by atoms with Gasteiger partial charge in [-0.25, -0.2) is 13.6 Å². The molecule has 0 saturated carbocycles. The van der Waals surface area contributed by atoms with Gasteiger partial charge in [-0.05, 0) is 54.5 Å². The lowest BCUT2D eigenvalue weighted by molar-refractivity contribution is -0.140. The number of rotatable bonds is 9. The molecule has 0 amide bonds. The topological polar surface area (TPSA) is 38.1 Å². The fraction of sp³-hybridized carbons (Fsp3) is 0.292. The van der Waals surface area contributed by atoms with E-state index in [1.54, 1.807) is 16.8 Å². The molecule has 4 nitrogen and oxygen atoms in total. The van der Waals surface area contributed by atoms with E-state index in [1.165, 1.54) is 17.4 Å². The summed E-state index contributed by atoms with van der Waals surface area (Å²) in [6.07, 6.45) is 1.93. The summed E-state index contributed by atoms with van der Waals surface area (Å²) in [6.45, 7) is 2.64. The molecule has 2 heterocycles. The number of alkyl halides is 3. The van der Waals surface area contributed by atoms with Crippen LogP contribution in [-0.4, -0.2) is 19.5 Å². The maximum Gasteiger partial charge on any atom is 0.419 e. The van der Waals surface area contributed by atoms with Gasteiger partial charge in [0, 0.05) is 29.4 Å². The Balaban J connectivity index is 1.60. The molecule has 4 rings (SSSR count). The molecule has 4 aromatic rings. The summed E-state index contributed by atoms with van der Waals surface area (Å²) >= 11 is 1.45. The normalized spacial score (nSPS) is 12.9. The highest BCUT2D eigenvalue weighted by molar-refractivity contribution is 7.86. The van der Waals surface area contributed by atoms with Crippen molar-refractivity contribution in [3.63, 3.8) is 0 Å². The highest BCUT2D eigenvalue weighted by Crippen LogP contribution is 2.39. The zero-order valence-corrected chi connectivity index (χ0v) is 20.0. The van der Waals surface area contributed by atoms with Crippen molar-refractivity contribution in [2.24, 2.45) is 0 Å². The van der Waals surface area contributed by atoms with E-state index in [1.807, 2.05) is 42.0 Å². The number of benzene rings is 2. The molecule has 2 aromatic carbocycles. The molecule has 1 atom stereocenters. The number of nitrogens with zero attached hydrogens (tertiary/aromatic N) is 3. The average molecular weight is 510 g/mol. The van der Waals surface area contributed by atoms with Crippen LogP contribution in [0.25, 0.3) is 10.1 Å². The zero-order valence-electron chi connectivity index (χ0n) is 18.4. The first-order valence-corrected chi connectivity index (χ1v) is 12.8. The molecule has 10 heteroatoms. The molecule has 34 heavy (non-hydrogen) atoms. The summed E-state index contributed by atoms with van der Waals surface area (Å²) in [7, 11) is -1.48. The zero-order chi connectivity index (χ0) is 24.3. The first kappa shape index (κ1) is 24.4. The Morgan fingerprint density at radius 3 is 2.65 bits per heavy atom. The number of hydrogen-bond donors (Lipinski definition) is 0. The maximum atomic E-state index is 13.8. The molecular weight excluding hydrogens is 486 g/mol. The van der Waals surface area contributed by atoms with Crippen LogP contribution in [0, 0.1) is 12.7 Å². The fourth-order valence-electron chi connectivity index (χ4n) is 3.74. The molecule has 0 spiro atoms. The summed E-state index contributed by atoms with van der Waals surface area (Å²) in [5, 5.41) is 1.76. The molecule has 0 aliphatic heterocycles. The van der Waals surface area contributed by atoms with Crippen molar-refractivity contribution < 1.29 is 21.8 Å². The smallest absolute Gasteiger partial charge is 0.337 e. The molecule has 1 unspecified atom stereocenters. The summed E-state index contributed by atoms with van der Waals surface area (Å²) in [5.41, 5.74) is -0.146. The lowest BCUT2D eigenvalue weighted by Crippen LogP contribution is -2.27. The van der Waals surface area contributed by atoms with Gasteiger partial charge in [0.15, 0.2) is 0 Å². The highest BCUT2D eigenvalue weighted by Gasteiger charge is 2.34. The molecule has 0 radical (unpaired) electrons. The Morgan fingerprint density at radius 2 is 1.94 bits per heavy atom. The van der Waals surface area contributed by atoms with Crippen LogP contribution in [0.1, 0.15) is 29.5 Å². The van der Waals surface area contributed by atoms with Crippen molar-refractivity contribution in [1.82, 2.24) is 9.55 Å². The molecular formula is C24H23F4N3OS2. The number of anilines is 1. The van der Waals surface area contributed by atoms with Gasteiger partial charge in [-0.15, -0.1) is 11.3 Å². The van der Waals surface area contributed by atoms with Crippen molar-refractivity contribution in [2.75, 3.05) is 10.1 Å². The first-order valence-electron chi connectivity index (χ1n) is 10.7. The van der Waals surface area contributed by atoms with Gasteiger partial charge in [0.25, 0.3) is 0 Å². The van der Waals surface area contributed by atoms with Crippen LogP contribution in [0.4, 0.5) is 22.6 Å². The van der Waals surface area contributed by atoms with Crippen LogP contribution in [0.3, 0.4) is 0 Å². The summed E-state index contributed by atoms with van der Waals surface area (Å²) in [4.78, 5) is 4.00. The van der Waals surface area contributed by atoms with E-state index in [2.05, 4.69) is 4.98 Å². The maximum absolute atomic E-state index is 13.8. The van der Waals surface area contributed by atoms with Crippen molar-refractivity contribution in [1.29, 1.82) is 0 Å². The number of imidazole rings is 1. The Hall–Kier alpha value is -2.72. The van der Waals surface area contributed by atoms with Crippen molar-refractivity contribution in [3.05, 3.63) is 83.7 Å². The van der Waals surface area contributed by atoms with Crippen LogP contribution in [0.15, 0.2) is 61.2 Å². The van der Waals surface area contributed by atoms with Crippen LogP contribution in [-0.2, 0) is 30.3 Å². The minimum absolute atomic E-state index is 0.0227. The number of aromatic nitrogens is 2. The molecule has 180 valence electrons. The first-order chi connectivity index (χ1) is 16.2. The van der Waals surface area contributed by atoms with E-state index >= 15 is 0 Å². The predicted octanol–water partition coefficient (Wildman–Crippen LogP) is 6.71. The molecule has 0 aliphatic rings. The van der Waals surface area contributed by atoms with E-state index < -0.39 is 28.5 Å². The largest absolute Gasteiger partial charge is 0.419 e. The number of hydrogen-bond acceptors (Lipinski definition) is 3. The van der Waals surface area contributed by atoms with E-state index in [0.717, 1.165) is 45.7 Å². The second-order valence-electron chi connectivity index (χ2n) is 7.91. The summed E-state index contributed by atoms with van der Waals surface area (Å²) in [6, 6.07) is 10.7. The summed E-state index contributed by atoms with van der Waals surface area (Å²) in [5.74, 6) is -0.961. The van der Waals surface area contributed by atoms with Gasteiger partial charge >= 0.3 is 6.18 Å². The van der Waals surface area contributed by atoms with Crippen molar-refractivity contribution in [3.8, 4) is 0 Å². The van der Waals surface area contributed by atoms with Gasteiger partial charge in [-0.3, -0.25) is 4.31 Å².